The van der Waals surface area contributed by atoms with Crippen molar-refractivity contribution in [3.8, 4) is 0 Å². The van der Waals surface area contributed by atoms with Gasteiger partial charge in [0, 0.05) is 24.6 Å². The zero-order valence-corrected chi connectivity index (χ0v) is 12.0. The van der Waals surface area contributed by atoms with Crippen LogP contribution in [0.25, 0.3) is 0 Å². The Morgan fingerprint density at radius 2 is 2.36 bits per heavy atom. The maximum Gasteiger partial charge on any atom is 0.358 e. The fraction of sp³-hybridized carbons (Fsp3) is 0.429. The molecule has 1 aliphatic rings. The van der Waals surface area contributed by atoms with Gasteiger partial charge >= 0.3 is 5.97 Å². The van der Waals surface area contributed by atoms with Gasteiger partial charge in [-0.3, -0.25) is 10.1 Å². The Morgan fingerprint density at radius 3 is 3.00 bits per heavy atom. The third-order valence-electron chi connectivity index (χ3n) is 4.05. The van der Waals surface area contributed by atoms with E-state index in [1.54, 1.807) is 13.1 Å². The van der Waals surface area contributed by atoms with Crippen LogP contribution in [0.15, 0.2) is 12.3 Å². The molecule has 2 aromatic rings. The first-order valence-electron chi connectivity index (χ1n) is 7.08. The van der Waals surface area contributed by atoms with Crippen molar-refractivity contribution in [2.45, 2.75) is 25.2 Å². The monoisotopic (exact) mass is 305 g/mol. The molecule has 2 atom stereocenters. The van der Waals surface area contributed by atoms with E-state index in [0.717, 1.165) is 19.5 Å². The van der Waals surface area contributed by atoms with Gasteiger partial charge in [-0.1, -0.05) is 12.1 Å². The Kier molecular flexibility index (Phi) is 3.84. The van der Waals surface area contributed by atoms with Crippen molar-refractivity contribution in [3.05, 3.63) is 40.7 Å². The van der Waals surface area contributed by atoms with Gasteiger partial charge in [0.25, 0.3) is 0 Å². The number of aromatic nitrogens is 4. The first-order valence-corrected chi connectivity index (χ1v) is 7.08. The third-order valence-corrected chi connectivity index (χ3v) is 4.05. The average molecular weight is 305 g/mol. The van der Waals surface area contributed by atoms with E-state index in [2.05, 4.69) is 25.7 Å². The van der Waals surface area contributed by atoms with Crippen LogP contribution in [0.5, 0.6) is 0 Å². The molecule has 116 valence electrons. The molecule has 0 aromatic carbocycles. The van der Waals surface area contributed by atoms with Gasteiger partial charge in [0.2, 0.25) is 0 Å². The van der Waals surface area contributed by atoms with Crippen molar-refractivity contribution >= 4 is 5.97 Å². The number of nitrogens with one attached hydrogen (secondary N) is 2. The van der Waals surface area contributed by atoms with Gasteiger partial charge in [-0.15, -0.1) is 5.10 Å². The van der Waals surface area contributed by atoms with Gasteiger partial charge < -0.3 is 10.4 Å². The van der Waals surface area contributed by atoms with Gasteiger partial charge in [0.05, 0.1) is 11.4 Å². The van der Waals surface area contributed by atoms with E-state index in [0.29, 0.717) is 17.0 Å². The zero-order valence-electron chi connectivity index (χ0n) is 12.0. The number of carboxylic acid groups (broad SMARTS) is 1. The van der Waals surface area contributed by atoms with Crippen molar-refractivity contribution in [1.29, 1.82) is 0 Å². The number of pyridine rings is 1. The number of H-pyrrole nitrogens is 1. The molecule has 7 nitrogen and oxygen atoms in total. The van der Waals surface area contributed by atoms with Crippen molar-refractivity contribution in [1.82, 2.24) is 25.7 Å². The second-order valence-corrected chi connectivity index (χ2v) is 5.43. The Bertz CT molecular complexity index is 696. The summed E-state index contributed by atoms with van der Waals surface area (Å²) in [5.41, 5.74) is 1.23. The molecule has 1 saturated heterocycles. The van der Waals surface area contributed by atoms with Crippen molar-refractivity contribution < 1.29 is 14.3 Å². The molecule has 2 unspecified atom stereocenters. The lowest BCUT2D eigenvalue weighted by molar-refractivity contribution is 0.0689. The van der Waals surface area contributed by atoms with E-state index in [4.69, 9.17) is 5.11 Å². The summed E-state index contributed by atoms with van der Waals surface area (Å²) in [6.45, 7) is 3.35. The van der Waals surface area contributed by atoms with Crippen LogP contribution in [0.4, 0.5) is 4.39 Å². The molecule has 1 aliphatic heterocycles. The molecule has 1 fully saturated rings. The second-order valence-electron chi connectivity index (χ2n) is 5.43. The lowest BCUT2D eigenvalue weighted by atomic mass is 9.96. The highest BCUT2D eigenvalue weighted by Crippen LogP contribution is 2.28. The Hall–Kier alpha value is -2.35. The smallest absolute Gasteiger partial charge is 0.358 e. The average Bonchev–Trinajstić information content (AvgIpc) is 3.17. The van der Waals surface area contributed by atoms with E-state index in [-0.39, 0.29) is 23.3 Å². The summed E-state index contributed by atoms with van der Waals surface area (Å²) >= 11 is 0. The van der Waals surface area contributed by atoms with Gasteiger partial charge in [-0.25, -0.2) is 9.18 Å². The topological polar surface area (TPSA) is 104 Å². The zero-order chi connectivity index (χ0) is 15.7. The minimum absolute atomic E-state index is 0.0905. The minimum atomic E-state index is -1.17. The predicted octanol–water partition coefficient (Wildman–Crippen LogP) is 1.27. The first kappa shape index (κ1) is 14.6. The molecule has 0 spiro atoms. The maximum absolute atomic E-state index is 14.3. The van der Waals surface area contributed by atoms with Crippen LogP contribution < -0.4 is 5.32 Å². The number of carboxylic acids is 1. The molecule has 22 heavy (non-hydrogen) atoms. The van der Waals surface area contributed by atoms with Gasteiger partial charge in [0.1, 0.15) is 5.82 Å². The molecule has 3 N–H and O–H groups in total. The Morgan fingerprint density at radius 1 is 1.55 bits per heavy atom. The van der Waals surface area contributed by atoms with E-state index in [9.17, 15) is 9.18 Å². The highest BCUT2D eigenvalue weighted by Gasteiger charge is 2.25. The van der Waals surface area contributed by atoms with E-state index >= 15 is 0 Å². The minimum Gasteiger partial charge on any atom is -0.476 e. The fourth-order valence-electron chi connectivity index (χ4n) is 2.75. The number of rotatable bonds is 4. The number of aromatic carboxylic acids is 1. The number of aromatic amines is 1. The van der Waals surface area contributed by atoms with Crippen LogP contribution in [-0.4, -0.2) is 44.6 Å². The number of carbonyl (C=O) groups is 1. The number of nitrogens with zero attached hydrogens (tertiary/aromatic N) is 3. The highest BCUT2D eigenvalue weighted by molar-refractivity contribution is 5.86. The van der Waals surface area contributed by atoms with Crippen LogP contribution in [0.3, 0.4) is 0 Å². The lowest BCUT2D eigenvalue weighted by Gasteiger charge is -2.14. The molecule has 3 heterocycles. The number of halogens is 1. The second kappa shape index (κ2) is 5.80. The summed E-state index contributed by atoms with van der Waals surface area (Å²) in [5, 5.41) is 21.9. The van der Waals surface area contributed by atoms with Crippen LogP contribution in [0.2, 0.25) is 0 Å². The van der Waals surface area contributed by atoms with Crippen molar-refractivity contribution in [3.63, 3.8) is 0 Å². The van der Waals surface area contributed by atoms with Crippen LogP contribution in [-0.2, 0) is 0 Å². The summed E-state index contributed by atoms with van der Waals surface area (Å²) in [4.78, 5) is 15.3. The van der Waals surface area contributed by atoms with Gasteiger partial charge in [0.15, 0.2) is 5.69 Å². The van der Waals surface area contributed by atoms with Crippen LogP contribution >= 0.6 is 0 Å². The summed E-state index contributed by atoms with van der Waals surface area (Å²) in [6, 6.07) is 1.41. The highest BCUT2D eigenvalue weighted by atomic mass is 19.1. The number of hydrogen-bond acceptors (Lipinski definition) is 5. The fourth-order valence-corrected chi connectivity index (χ4v) is 2.75. The number of hydrogen-bond donors (Lipinski definition) is 3. The van der Waals surface area contributed by atoms with Gasteiger partial charge in [-0.05, 0) is 24.6 Å². The maximum atomic E-state index is 14.3. The third kappa shape index (κ3) is 2.57. The van der Waals surface area contributed by atoms with E-state index < -0.39 is 5.97 Å². The quantitative estimate of drug-likeness (QED) is 0.786. The van der Waals surface area contributed by atoms with Crippen LogP contribution in [0.1, 0.15) is 52.6 Å². The standard InChI is InChI=1S/C14H16FN5O2/c1-7(11-13(14(21)22)19-20-18-11)9-4-10(15)12(17-6-9)8-2-3-16-5-8/h4,6-8,16H,2-3,5H2,1H3,(H,21,22)(H,18,19,20). The molecule has 0 saturated carbocycles. The normalized spacial score (nSPS) is 19.3. The van der Waals surface area contributed by atoms with Crippen LogP contribution in [0, 0.1) is 5.82 Å². The SMILES string of the molecule is CC(c1cnc(C2CCNC2)c(F)c1)c1[nH]nnc1C(=O)O. The molecule has 0 aliphatic carbocycles. The summed E-state index contributed by atoms with van der Waals surface area (Å²) in [5.74, 6) is -1.83. The molecular formula is C14H16FN5O2. The molecule has 0 amide bonds. The van der Waals surface area contributed by atoms with Gasteiger partial charge in [-0.2, -0.15) is 0 Å². The summed E-state index contributed by atoms with van der Waals surface area (Å²) in [7, 11) is 0. The predicted molar refractivity (Wildman–Crippen MR) is 75.3 cm³/mol. The molecule has 0 radical (unpaired) electrons. The Labute approximate surface area is 126 Å². The van der Waals surface area contributed by atoms with Crippen molar-refractivity contribution in [2.75, 3.05) is 13.1 Å². The molecule has 3 rings (SSSR count). The van der Waals surface area contributed by atoms with E-state index in [1.165, 1.54) is 6.07 Å². The molecule has 2 aromatic heterocycles. The summed E-state index contributed by atoms with van der Waals surface area (Å²) in [6.07, 6.45) is 2.46. The molecular weight excluding hydrogens is 289 g/mol. The molecule has 0 bridgehead atoms. The van der Waals surface area contributed by atoms with Crippen molar-refractivity contribution in [2.24, 2.45) is 0 Å². The van der Waals surface area contributed by atoms with E-state index in [1.807, 2.05) is 0 Å². The first-order chi connectivity index (χ1) is 10.6. The molecule has 8 heteroatoms. The largest absolute Gasteiger partial charge is 0.476 e. The summed E-state index contributed by atoms with van der Waals surface area (Å²) < 4.78 is 14.3. The lowest BCUT2D eigenvalue weighted by Crippen LogP contribution is -2.11. The Balaban J connectivity index is 1.90.